The highest BCUT2D eigenvalue weighted by atomic mass is 19.4. The van der Waals surface area contributed by atoms with Crippen molar-refractivity contribution in [2.75, 3.05) is 32.8 Å². The molecule has 1 saturated heterocycles. The number of carbonyl (C=O) groups excluding carboxylic acids is 1. The van der Waals surface area contributed by atoms with Gasteiger partial charge in [-0.1, -0.05) is 24.3 Å². The van der Waals surface area contributed by atoms with Crippen LogP contribution in [-0.4, -0.2) is 54.7 Å². The van der Waals surface area contributed by atoms with Crippen LogP contribution in [-0.2, 0) is 12.7 Å². The van der Waals surface area contributed by atoms with Crippen LogP contribution in [0.4, 0.5) is 26.3 Å². The fourth-order valence-electron chi connectivity index (χ4n) is 3.31. The molecule has 0 atom stereocenters. The standard InChI is InChI=1S/C21H20F6N2O2/c22-20(23,24)14-31-16-7-5-15(6-8-16)13-28-9-11-29(12-10-28)19(30)17-3-1-2-4-18(17)21(25,26)27/h1-8H,9-14H2. The molecule has 3 rings (SSSR count). The van der Waals surface area contributed by atoms with E-state index in [0.717, 1.165) is 11.6 Å². The molecule has 0 aliphatic carbocycles. The Hall–Kier alpha value is -2.75. The SMILES string of the molecule is O=C(c1ccccc1C(F)(F)F)N1CCN(Cc2ccc(OCC(F)(F)F)cc2)CC1. The summed E-state index contributed by atoms with van der Waals surface area (Å²) in [5.41, 5.74) is -0.463. The molecule has 1 aliphatic rings. The molecule has 0 aromatic heterocycles. The number of benzene rings is 2. The zero-order valence-corrected chi connectivity index (χ0v) is 16.3. The Kier molecular flexibility index (Phi) is 6.78. The maximum absolute atomic E-state index is 13.2. The van der Waals surface area contributed by atoms with Crippen LogP contribution in [0.3, 0.4) is 0 Å². The Morgan fingerprint density at radius 1 is 0.871 bits per heavy atom. The first-order valence-electron chi connectivity index (χ1n) is 9.49. The molecule has 10 heteroatoms. The van der Waals surface area contributed by atoms with Gasteiger partial charge in [0.1, 0.15) is 5.75 Å². The fraction of sp³-hybridized carbons (Fsp3) is 0.381. The molecule has 1 aliphatic heterocycles. The van der Waals surface area contributed by atoms with Gasteiger partial charge in [0.15, 0.2) is 6.61 Å². The number of carbonyl (C=O) groups is 1. The van der Waals surface area contributed by atoms with Gasteiger partial charge < -0.3 is 9.64 Å². The van der Waals surface area contributed by atoms with Crippen LogP contribution < -0.4 is 4.74 Å². The van der Waals surface area contributed by atoms with Gasteiger partial charge in [-0.15, -0.1) is 0 Å². The summed E-state index contributed by atoms with van der Waals surface area (Å²) in [4.78, 5) is 16.0. The minimum absolute atomic E-state index is 0.111. The van der Waals surface area contributed by atoms with Crippen molar-refractivity contribution >= 4 is 5.91 Å². The molecule has 31 heavy (non-hydrogen) atoms. The van der Waals surface area contributed by atoms with Crippen LogP contribution in [0.1, 0.15) is 21.5 Å². The molecular formula is C21H20F6N2O2. The van der Waals surface area contributed by atoms with E-state index in [1.807, 2.05) is 4.90 Å². The van der Waals surface area contributed by atoms with Crippen molar-refractivity contribution in [3.63, 3.8) is 0 Å². The second kappa shape index (κ2) is 9.17. The second-order valence-electron chi connectivity index (χ2n) is 7.16. The molecule has 0 unspecified atom stereocenters. The van der Waals surface area contributed by atoms with Crippen molar-refractivity contribution in [3.05, 3.63) is 65.2 Å². The third-order valence-corrected chi connectivity index (χ3v) is 4.85. The molecule has 0 bridgehead atoms. The van der Waals surface area contributed by atoms with E-state index in [4.69, 9.17) is 0 Å². The van der Waals surface area contributed by atoms with Crippen molar-refractivity contribution in [3.8, 4) is 5.75 Å². The zero-order valence-electron chi connectivity index (χ0n) is 16.3. The Balaban J connectivity index is 1.54. The average Bonchev–Trinajstić information content (AvgIpc) is 2.72. The highest BCUT2D eigenvalue weighted by molar-refractivity contribution is 5.96. The van der Waals surface area contributed by atoms with E-state index in [1.54, 1.807) is 12.1 Å². The van der Waals surface area contributed by atoms with Gasteiger partial charge in [-0.2, -0.15) is 26.3 Å². The number of amides is 1. The molecular weight excluding hydrogens is 426 g/mol. The Labute approximate surface area is 175 Å². The van der Waals surface area contributed by atoms with Gasteiger partial charge in [-0.05, 0) is 29.8 Å². The second-order valence-corrected chi connectivity index (χ2v) is 7.16. The van der Waals surface area contributed by atoms with Crippen molar-refractivity contribution < 1.29 is 35.9 Å². The van der Waals surface area contributed by atoms with Crippen LogP contribution in [0.2, 0.25) is 0 Å². The van der Waals surface area contributed by atoms with Crippen LogP contribution in [0, 0.1) is 0 Å². The van der Waals surface area contributed by atoms with E-state index in [9.17, 15) is 31.1 Å². The largest absolute Gasteiger partial charge is 0.484 e. The summed E-state index contributed by atoms with van der Waals surface area (Å²) in [5.74, 6) is -0.543. The number of halogens is 6. The Bertz CT molecular complexity index is 888. The first-order valence-corrected chi connectivity index (χ1v) is 9.49. The molecule has 168 valence electrons. The molecule has 1 amide bonds. The maximum atomic E-state index is 13.2. The van der Waals surface area contributed by atoms with Gasteiger partial charge >= 0.3 is 12.4 Å². The molecule has 0 N–H and O–H groups in total. The van der Waals surface area contributed by atoms with Crippen LogP contribution in [0.15, 0.2) is 48.5 Å². The number of hydrogen-bond donors (Lipinski definition) is 0. The lowest BCUT2D eigenvalue weighted by atomic mass is 10.1. The lowest BCUT2D eigenvalue weighted by Gasteiger charge is -2.35. The quantitative estimate of drug-likeness (QED) is 0.630. The van der Waals surface area contributed by atoms with E-state index in [0.29, 0.717) is 19.6 Å². The van der Waals surface area contributed by atoms with Gasteiger partial charge in [0, 0.05) is 32.7 Å². The van der Waals surface area contributed by atoms with Crippen molar-refractivity contribution in [2.24, 2.45) is 0 Å². The maximum Gasteiger partial charge on any atom is 0.422 e. The Morgan fingerprint density at radius 2 is 1.48 bits per heavy atom. The summed E-state index contributed by atoms with van der Waals surface area (Å²) in [7, 11) is 0. The summed E-state index contributed by atoms with van der Waals surface area (Å²) in [6.07, 6.45) is -9.01. The number of ether oxygens (including phenoxy) is 1. The summed E-state index contributed by atoms with van der Waals surface area (Å²) in [5, 5.41) is 0. The number of piperazine rings is 1. The lowest BCUT2D eigenvalue weighted by Crippen LogP contribution is -2.48. The topological polar surface area (TPSA) is 32.8 Å². The van der Waals surface area contributed by atoms with Gasteiger partial charge in [-0.25, -0.2) is 0 Å². The third-order valence-electron chi connectivity index (χ3n) is 4.85. The highest BCUT2D eigenvalue weighted by Gasteiger charge is 2.36. The smallest absolute Gasteiger partial charge is 0.422 e. The summed E-state index contributed by atoms with van der Waals surface area (Å²) in [6.45, 7) is 0.620. The number of hydrogen-bond acceptors (Lipinski definition) is 3. The van der Waals surface area contributed by atoms with Gasteiger partial charge in [0.2, 0.25) is 0 Å². The normalized spacial score (nSPS) is 15.7. The van der Waals surface area contributed by atoms with E-state index in [2.05, 4.69) is 4.74 Å². The first-order chi connectivity index (χ1) is 14.5. The molecule has 0 radical (unpaired) electrons. The van der Waals surface area contributed by atoms with E-state index in [-0.39, 0.29) is 24.4 Å². The van der Waals surface area contributed by atoms with Gasteiger partial charge in [0.05, 0.1) is 11.1 Å². The van der Waals surface area contributed by atoms with E-state index < -0.39 is 30.4 Å². The van der Waals surface area contributed by atoms with Crippen LogP contribution >= 0.6 is 0 Å². The molecule has 2 aromatic rings. The third kappa shape index (κ3) is 6.36. The van der Waals surface area contributed by atoms with E-state index in [1.165, 1.54) is 35.2 Å². The minimum Gasteiger partial charge on any atom is -0.484 e. The van der Waals surface area contributed by atoms with Crippen molar-refractivity contribution in [2.45, 2.75) is 18.9 Å². The molecule has 0 spiro atoms. The lowest BCUT2D eigenvalue weighted by molar-refractivity contribution is -0.153. The summed E-state index contributed by atoms with van der Waals surface area (Å²) < 4.78 is 80.8. The number of alkyl halides is 6. The predicted octanol–water partition coefficient (Wildman–Crippen LogP) is 4.60. The molecule has 4 nitrogen and oxygen atoms in total. The Morgan fingerprint density at radius 3 is 2.06 bits per heavy atom. The monoisotopic (exact) mass is 446 g/mol. The molecule has 0 saturated carbocycles. The van der Waals surface area contributed by atoms with Crippen LogP contribution in [0.25, 0.3) is 0 Å². The summed E-state index contributed by atoms with van der Waals surface area (Å²) >= 11 is 0. The molecule has 2 aromatic carbocycles. The highest BCUT2D eigenvalue weighted by Crippen LogP contribution is 2.32. The summed E-state index contributed by atoms with van der Waals surface area (Å²) in [6, 6.07) is 10.9. The van der Waals surface area contributed by atoms with Gasteiger partial charge in [0.25, 0.3) is 5.91 Å². The predicted molar refractivity (Wildman–Crippen MR) is 101 cm³/mol. The van der Waals surface area contributed by atoms with E-state index >= 15 is 0 Å². The minimum atomic E-state index is -4.61. The zero-order chi connectivity index (χ0) is 22.6. The van der Waals surface area contributed by atoms with Crippen molar-refractivity contribution in [1.82, 2.24) is 9.80 Å². The first kappa shape index (κ1) is 22.9. The average molecular weight is 446 g/mol. The van der Waals surface area contributed by atoms with Gasteiger partial charge in [-0.3, -0.25) is 9.69 Å². The number of nitrogens with zero attached hydrogens (tertiary/aromatic N) is 2. The molecule has 1 heterocycles. The van der Waals surface area contributed by atoms with Crippen LogP contribution in [0.5, 0.6) is 5.75 Å². The van der Waals surface area contributed by atoms with Crippen molar-refractivity contribution in [1.29, 1.82) is 0 Å². The number of rotatable bonds is 5. The molecule has 1 fully saturated rings. The fourth-order valence-corrected chi connectivity index (χ4v) is 3.31.